The Balaban J connectivity index is 1.63. The average Bonchev–Trinajstić information content (AvgIpc) is 3.09. The van der Waals surface area contributed by atoms with Crippen molar-refractivity contribution in [2.24, 2.45) is 0 Å². The first-order chi connectivity index (χ1) is 13.1. The van der Waals surface area contributed by atoms with Crippen LogP contribution in [0.2, 0.25) is 0 Å². The molecule has 27 heavy (non-hydrogen) atoms. The van der Waals surface area contributed by atoms with Crippen molar-refractivity contribution in [1.29, 1.82) is 0 Å². The fourth-order valence-corrected chi connectivity index (χ4v) is 2.99. The molecule has 1 aliphatic rings. The summed E-state index contributed by atoms with van der Waals surface area (Å²) in [5.74, 6) is 0.231. The zero-order chi connectivity index (χ0) is 19.2. The number of methoxy groups -OCH3 is 1. The van der Waals surface area contributed by atoms with Crippen LogP contribution in [0.1, 0.15) is 12.0 Å². The van der Waals surface area contributed by atoms with E-state index in [9.17, 15) is 14.7 Å². The van der Waals surface area contributed by atoms with Gasteiger partial charge in [-0.1, -0.05) is 36.4 Å². The summed E-state index contributed by atoms with van der Waals surface area (Å²) < 4.78 is 10.4. The van der Waals surface area contributed by atoms with Crippen LogP contribution in [0.3, 0.4) is 0 Å². The lowest BCUT2D eigenvalue weighted by Gasteiger charge is -2.23. The third-order valence-electron chi connectivity index (χ3n) is 4.36. The molecule has 0 saturated carbocycles. The second-order valence-corrected chi connectivity index (χ2v) is 6.32. The molecule has 3 rings (SSSR count). The zero-order valence-corrected chi connectivity index (χ0v) is 15.0. The van der Waals surface area contributed by atoms with Crippen molar-refractivity contribution in [2.45, 2.75) is 25.2 Å². The van der Waals surface area contributed by atoms with Crippen LogP contribution in [-0.2, 0) is 16.1 Å². The normalized spacial score (nSPS) is 18.8. The minimum atomic E-state index is -0.797. The Labute approximate surface area is 157 Å². The van der Waals surface area contributed by atoms with E-state index in [1.807, 2.05) is 30.3 Å². The molecule has 7 heteroatoms. The fraction of sp³-hybridized carbons (Fsp3) is 0.300. The number of rotatable bonds is 5. The summed E-state index contributed by atoms with van der Waals surface area (Å²) in [7, 11) is 1.54. The van der Waals surface area contributed by atoms with E-state index in [0.29, 0.717) is 11.4 Å². The molecule has 1 heterocycles. The number of β-amino-alcohol motifs (C(OH)–C–C–N with tert-alkyl or cyclic N) is 1. The standard InChI is InChI=1S/C20H22N2O5/c1-26-17-9-5-8-15(10-17)21-19(24)18-11-16(23)12-22(18)20(25)27-13-14-6-3-2-4-7-14/h2-10,16,18,23H,11-13H2,1H3,(H,21,24)/t16-,18+/m1/s1. The van der Waals surface area contributed by atoms with E-state index < -0.39 is 18.2 Å². The third-order valence-corrected chi connectivity index (χ3v) is 4.36. The van der Waals surface area contributed by atoms with Crippen molar-refractivity contribution in [2.75, 3.05) is 19.0 Å². The molecule has 142 valence electrons. The Hall–Kier alpha value is -3.06. The van der Waals surface area contributed by atoms with Gasteiger partial charge < -0.3 is 19.9 Å². The Morgan fingerprint density at radius 1 is 1.19 bits per heavy atom. The van der Waals surface area contributed by atoms with Crippen molar-refractivity contribution in [1.82, 2.24) is 4.90 Å². The summed E-state index contributed by atoms with van der Waals surface area (Å²) in [6, 6.07) is 15.4. The van der Waals surface area contributed by atoms with Crippen LogP contribution in [0.5, 0.6) is 5.75 Å². The Morgan fingerprint density at radius 2 is 1.96 bits per heavy atom. The molecule has 0 aromatic heterocycles. The van der Waals surface area contributed by atoms with E-state index in [4.69, 9.17) is 9.47 Å². The van der Waals surface area contributed by atoms with Crippen LogP contribution in [0.25, 0.3) is 0 Å². The first-order valence-corrected chi connectivity index (χ1v) is 8.67. The van der Waals surface area contributed by atoms with Crippen LogP contribution in [0.15, 0.2) is 54.6 Å². The van der Waals surface area contributed by atoms with Gasteiger partial charge in [0.25, 0.3) is 0 Å². The molecule has 0 radical (unpaired) electrons. The molecule has 2 aromatic carbocycles. The number of carbonyl (C=O) groups is 2. The van der Waals surface area contributed by atoms with Gasteiger partial charge in [-0.2, -0.15) is 0 Å². The number of likely N-dealkylation sites (tertiary alicyclic amines) is 1. The van der Waals surface area contributed by atoms with E-state index in [1.54, 1.807) is 31.4 Å². The summed E-state index contributed by atoms with van der Waals surface area (Å²) in [5, 5.41) is 12.7. The first kappa shape index (κ1) is 18.7. The lowest BCUT2D eigenvalue weighted by atomic mass is 10.2. The number of aliphatic hydroxyl groups is 1. The second-order valence-electron chi connectivity index (χ2n) is 6.32. The van der Waals surface area contributed by atoms with Crippen molar-refractivity contribution >= 4 is 17.7 Å². The first-order valence-electron chi connectivity index (χ1n) is 8.67. The minimum absolute atomic E-state index is 0.0593. The highest BCUT2D eigenvalue weighted by Gasteiger charge is 2.39. The van der Waals surface area contributed by atoms with Crippen LogP contribution >= 0.6 is 0 Å². The van der Waals surface area contributed by atoms with Crippen molar-refractivity contribution in [3.63, 3.8) is 0 Å². The van der Waals surface area contributed by atoms with Gasteiger partial charge in [-0.15, -0.1) is 0 Å². The van der Waals surface area contributed by atoms with E-state index in [-0.39, 0.29) is 25.5 Å². The summed E-state index contributed by atoms with van der Waals surface area (Å²) in [4.78, 5) is 26.3. The summed E-state index contributed by atoms with van der Waals surface area (Å²) in [6.07, 6.45) is -1.23. The van der Waals surface area contributed by atoms with Gasteiger partial charge in [0, 0.05) is 18.2 Å². The number of ether oxygens (including phenoxy) is 2. The van der Waals surface area contributed by atoms with Gasteiger partial charge in [0.15, 0.2) is 0 Å². The topological polar surface area (TPSA) is 88.1 Å². The lowest BCUT2D eigenvalue weighted by molar-refractivity contribution is -0.120. The fourth-order valence-electron chi connectivity index (χ4n) is 2.99. The number of anilines is 1. The van der Waals surface area contributed by atoms with Gasteiger partial charge in [0.1, 0.15) is 18.4 Å². The largest absolute Gasteiger partial charge is 0.497 e. The highest BCUT2D eigenvalue weighted by molar-refractivity contribution is 5.97. The van der Waals surface area contributed by atoms with Crippen LogP contribution in [0.4, 0.5) is 10.5 Å². The van der Waals surface area contributed by atoms with Crippen molar-refractivity contribution in [3.05, 3.63) is 60.2 Å². The molecule has 2 atom stereocenters. The molecule has 2 amide bonds. The smallest absolute Gasteiger partial charge is 0.410 e. The van der Waals surface area contributed by atoms with E-state index in [2.05, 4.69) is 5.32 Å². The van der Waals surface area contributed by atoms with E-state index in [1.165, 1.54) is 4.90 Å². The maximum absolute atomic E-state index is 12.6. The zero-order valence-electron chi connectivity index (χ0n) is 15.0. The molecule has 0 aliphatic carbocycles. The number of hydrogen-bond acceptors (Lipinski definition) is 5. The van der Waals surface area contributed by atoms with Crippen LogP contribution in [0, 0.1) is 0 Å². The third kappa shape index (κ3) is 4.77. The van der Waals surface area contributed by atoms with Crippen molar-refractivity contribution < 1.29 is 24.2 Å². The highest BCUT2D eigenvalue weighted by Crippen LogP contribution is 2.23. The predicted octanol–water partition coefficient (Wildman–Crippen LogP) is 2.41. The molecule has 1 fully saturated rings. The van der Waals surface area contributed by atoms with Gasteiger partial charge in [-0.3, -0.25) is 9.69 Å². The number of aliphatic hydroxyl groups excluding tert-OH is 1. The Morgan fingerprint density at radius 3 is 2.70 bits per heavy atom. The van der Waals surface area contributed by atoms with E-state index in [0.717, 1.165) is 5.56 Å². The maximum Gasteiger partial charge on any atom is 0.410 e. The quantitative estimate of drug-likeness (QED) is 0.844. The van der Waals surface area contributed by atoms with Gasteiger partial charge >= 0.3 is 6.09 Å². The molecule has 7 nitrogen and oxygen atoms in total. The minimum Gasteiger partial charge on any atom is -0.497 e. The van der Waals surface area contributed by atoms with Gasteiger partial charge in [-0.25, -0.2) is 4.79 Å². The molecule has 0 unspecified atom stereocenters. The van der Waals surface area contributed by atoms with Crippen LogP contribution < -0.4 is 10.1 Å². The summed E-state index contributed by atoms with van der Waals surface area (Å²) in [5.41, 5.74) is 1.40. The summed E-state index contributed by atoms with van der Waals surface area (Å²) in [6.45, 7) is 0.167. The van der Waals surface area contributed by atoms with Gasteiger partial charge in [0.2, 0.25) is 5.91 Å². The van der Waals surface area contributed by atoms with Gasteiger partial charge in [-0.05, 0) is 17.7 Å². The predicted molar refractivity (Wildman–Crippen MR) is 99.4 cm³/mol. The SMILES string of the molecule is COc1cccc(NC(=O)[C@@H]2C[C@@H](O)CN2C(=O)OCc2ccccc2)c1. The molecule has 1 aliphatic heterocycles. The number of nitrogens with one attached hydrogen (secondary N) is 1. The molecule has 1 saturated heterocycles. The van der Waals surface area contributed by atoms with Gasteiger partial charge in [0.05, 0.1) is 19.8 Å². The molecule has 2 aromatic rings. The molecular formula is C20H22N2O5. The van der Waals surface area contributed by atoms with E-state index >= 15 is 0 Å². The van der Waals surface area contributed by atoms with Crippen molar-refractivity contribution in [3.8, 4) is 5.75 Å². The average molecular weight is 370 g/mol. The monoisotopic (exact) mass is 370 g/mol. The number of nitrogens with zero attached hydrogens (tertiary/aromatic N) is 1. The lowest BCUT2D eigenvalue weighted by Crippen LogP contribution is -2.43. The molecule has 2 N–H and O–H groups in total. The number of hydrogen-bond donors (Lipinski definition) is 2. The number of amides is 2. The molecule has 0 bridgehead atoms. The Kier molecular flexibility index (Phi) is 5.93. The van der Waals surface area contributed by atoms with Crippen LogP contribution in [-0.4, -0.2) is 47.8 Å². The Bertz CT molecular complexity index is 796. The highest BCUT2D eigenvalue weighted by atomic mass is 16.6. The number of carbonyl (C=O) groups excluding carboxylic acids is 2. The summed E-state index contributed by atoms with van der Waals surface area (Å²) >= 11 is 0. The second kappa shape index (κ2) is 8.55. The molecule has 0 spiro atoms. The molecular weight excluding hydrogens is 348 g/mol. The number of benzene rings is 2. The maximum atomic E-state index is 12.6.